The Morgan fingerprint density at radius 1 is 1.25 bits per heavy atom. The molecule has 0 spiro atoms. The van der Waals surface area contributed by atoms with E-state index in [1.807, 2.05) is 31.2 Å². The maximum absolute atomic E-state index is 13.6. The summed E-state index contributed by atoms with van der Waals surface area (Å²) >= 11 is 5.67. The molecule has 0 bridgehead atoms. The molecule has 2 rings (SSSR count). The van der Waals surface area contributed by atoms with Gasteiger partial charge in [-0.1, -0.05) is 47.5 Å². The van der Waals surface area contributed by atoms with E-state index in [1.165, 1.54) is 12.1 Å². The number of halogens is 2. The van der Waals surface area contributed by atoms with Crippen molar-refractivity contribution in [2.75, 3.05) is 0 Å². The molecular formula is C16H15ClFNO. The van der Waals surface area contributed by atoms with Gasteiger partial charge in [-0.3, -0.25) is 4.79 Å². The van der Waals surface area contributed by atoms with Crippen LogP contribution in [0.4, 0.5) is 4.39 Å². The molecule has 20 heavy (non-hydrogen) atoms. The van der Waals surface area contributed by atoms with E-state index in [0.717, 1.165) is 11.1 Å². The molecule has 2 aromatic carbocycles. The van der Waals surface area contributed by atoms with E-state index in [4.69, 9.17) is 11.6 Å². The van der Waals surface area contributed by atoms with Crippen LogP contribution in [0.5, 0.6) is 0 Å². The molecule has 4 heteroatoms. The lowest BCUT2D eigenvalue weighted by atomic mass is 10.1. The van der Waals surface area contributed by atoms with Crippen molar-refractivity contribution in [2.24, 2.45) is 0 Å². The number of benzene rings is 2. The minimum atomic E-state index is -0.455. The monoisotopic (exact) mass is 291 g/mol. The Morgan fingerprint density at radius 2 is 2.05 bits per heavy atom. The van der Waals surface area contributed by atoms with Crippen LogP contribution >= 0.6 is 11.6 Å². The number of nitrogens with one attached hydrogen (secondary N) is 1. The molecule has 104 valence electrons. The highest BCUT2D eigenvalue weighted by Crippen LogP contribution is 2.15. The van der Waals surface area contributed by atoms with Gasteiger partial charge in [-0.15, -0.1) is 0 Å². The topological polar surface area (TPSA) is 29.1 Å². The van der Waals surface area contributed by atoms with Crippen molar-refractivity contribution in [1.82, 2.24) is 5.32 Å². The zero-order chi connectivity index (χ0) is 14.5. The van der Waals surface area contributed by atoms with Gasteiger partial charge in [-0.2, -0.15) is 0 Å². The fraction of sp³-hybridized carbons (Fsp3) is 0.188. The Bertz CT molecular complexity index is 628. The summed E-state index contributed by atoms with van der Waals surface area (Å²) in [4.78, 5) is 11.8. The first kappa shape index (κ1) is 14.5. The highest BCUT2D eigenvalue weighted by molar-refractivity contribution is 6.30. The maximum atomic E-state index is 13.6. The third-order valence-electron chi connectivity index (χ3n) is 2.94. The van der Waals surface area contributed by atoms with Crippen molar-refractivity contribution in [1.29, 1.82) is 0 Å². The molecule has 0 aliphatic heterocycles. The van der Waals surface area contributed by atoms with Crippen molar-refractivity contribution in [3.8, 4) is 0 Å². The molecule has 0 saturated heterocycles. The minimum absolute atomic E-state index is 0.00875. The molecule has 0 aliphatic carbocycles. The molecule has 0 heterocycles. The first-order valence-electron chi connectivity index (χ1n) is 6.31. The molecule has 2 nitrogen and oxygen atoms in total. The summed E-state index contributed by atoms with van der Waals surface area (Å²) in [5.41, 5.74) is 2.51. The van der Waals surface area contributed by atoms with Crippen molar-refractivity contribution in [3.63, 3.8) is 0 Å². The summed E-state index contributed by atoms with van der Waals surface area (Å²) in [6, 6.07) is 12.2. The maximum Gasteiger partial charge on any atom is 0.224 e. The van der Waals surface area contributed by atoms with Crippen molar-refractivity contribution in [3.05, 3.63) is 70.0 Å². The van der Waals surface area contributed by atoms with E-state index in [2.05, 4.69) is 5.32 Å². The van der Waals surface area contributed by atoms with Gasteiger partial charge in [-0.25, -0.2) is 4.39 Å². The van der Waals surface area contributed by atoms with Gasteiger partial charge in [0, 0.05) is 11.6 Å². The second-order valence-electron chi connectivity index (χ2n) is 4.68. The predicted octanol–water partition coefficient (Wildman–Crippen LogP) is 3.65. The zero-order valence-electron chi connectivity index (χ0n) is 11.1. The molecule has 0 saturated carbocycles. The Kier molecular flexibility index (Phi) is 4.74. The summed E-state index contributed by atoms with van der Waals surface area (Å²) in [6.45, 7) is 2.43. The number of hydrogen-bond acceptors (Lipinski definition) is 1. The van der Waals surface area contributed by atoms with Gasteiger partial charge >= 0.3 is 0 Å². The summed E-state index contributed by atoms with van der Waals surface area (Å²) in [5, 5.41) is 3.10. The van der Waals surface area contributed by atoms with Crippen LogP contribution in [0.1, 0.15) is 16.7 Å². The lowest BCUT2D eigenvalue weighted by Gasteiger charge is -2.07. The molecule has 0 radical (unpaired) electrons. The second-order valence-corrected chi connectivity index (χ2v) is 5.11. The highest BCUT2D eigenvalue weighted by atomic mass is 35.5. The van der Waals surface area contributed by atoms with Crippen LogP contribution in [0.3, 0.4) is 0 Å². The van der Waals surface area contributed by atoms with Crippen LogP contribution in [0.15, 0.2) is 42.5 Å². The van der Waals surface area contributed by atoms with Crippen LogP contribution in [0.25, 0.3) is 0 Å². The zero-order valence-corrected chi connectivity index (χ0v) is 11.9. The smallest absolute Gasteiger partial charge is 0.224 e. The SMILES string of the molecule is Cc1cccc(CNC(=O)Cc2ccc(Cl)cc2F)c1. The number of rotatable bonds is 4. The number of amides is 1. The highest BCUT2D eigenvalue weighted by Gasteiger charge is 2.08. The van der Waals surface area contributed by atoms with Gasteiger partial charge in [0.1, 0.15) is 5.82 Å². The van der Waals surface area contributed by atoms with E-state index in [1.54, 1.807) is 6.07 Å². The fourth-order valence-electron chi connectivity index (χ4n) is 1.92. The van der Waals surface area contributed by atoms with Gasteiger partial charge in [0.05, 0.1) is 6.42 Å². The first-order chi connectivity index (χ1) is 9.54. The summed E-state index contributed by atoms with van der Waals surface area (Å²) < 4.78 is 13.6. The molecule has 1 amide bonds. The molecular weight excluding hydrogens is 277 g/mol. The van der Waals surface area contributed by atoms with Crippen molar-refractivity contribution < 1.29 is 9.18 Å². The number of aryl methyl sites for hydroxylation is 1. The Labute approximate surface area is 122 Å². The van der Waals surface area contributed by atoms with Crippen molar-refractivity contribution in [2.45, 2.75) is 19.9 Å². The normalized spacial score (nSPS) is 10.3. The molecule has 0 aromatic heterocycles. The van der Waals surface area contributed by atoms with Crippen LogP contribution < -0.4 is 5.32 Å². The number of hydrogen-bond donors (Lipinski definition) is 1. The number of carbonyl (C=O) groups excluding carboxylic acids is 1. The minimum Gasteiger partial charge on any atom is -0.352 e. The fourth-order valence-corrected chi connectivity index (χ4v) is 2.08. The predicted molar refractivity (Wildman–Crippen MR) is 78.1 cm³/mol. The van der Waals surface area contributed by atoms with Crippen molar-refractivity contribution >= 4 is 17.5 Å². The Morgan fingerprint density at radius 3 is 2.75 bits per heavy atom. The largest absolute Gasteiger partial charge is 0.352 e. The van der Waals surface area contributed by atoms with Gasteiger partial charge in [0.2, 0.25) is 5.91 Å². The molecule has 0 atom stereocenters. The molecule has 2 aromatic rings. The van der Waals surface area contributed by atoms with E-state index in [0.29, 0.717) is 17.1 Å². The first-order valence-corrected chi connectivity index (χ1v) is 6.68. The standard InChI is InChI=1S/C16H15ClFNO/c1-11-3-2-4-12(7-11)10-19-16(20)8-13-5-6-14(17)9-15(13)18/h2-7,9H,8,10H2,1H3,(H,19,20). The van der Waals surface area contributed by atoms with Crippen LogP contribution in [-0.4, -0.2) is 5.91 Å². The summed E-state index contributed by atoms with van der Waals surface area (Å²) in [7, 11) is 0. The molecule has 0 aliphatic rings. The van der Waals surface area contributed by atoms with Gasteiger partial charge in [0.25, 0.3) is 0 Å². The van der Waals surface area contributed by atoms with Crippen LogP contribution in [0.2, 0.25) is 5.02 Å². The third kappa shape index (κ3) is 4.07. The van der Waals surface area contributed by atoms with E-state index in [-0.39, 0.29) is 12.3 Å². The Balaban J connectivity index is 1.92. The van der Waals surface area contributed by atoms with E-state index in [9.17, 15) is 9.18 Å². The molecule has 0 unspecified atom stereocenters. The van der Waals surface area contributed by atoms with E-state index >= 15 is 0 Å². The van der Waals surface area contributed by atoms with Gasteiger partial charge < -0.3 is 5.32 Å². The summed E-state index contributed by atoms with van der Waals surface area (Å²) in [5.74, 6) is -0.670. The molecule has 1 N–H and O–H groups in total. The second kappa shape index (κ2) is 6.53. The average Bonchev–Trinajstić information content (AvgIpc) is 2.40. The number of carbonyl (C=O) groups is 1. The lowest BCUT2D eigenvalue weighted by molar-refractivity contribution is -0.120. The van der Waals surface area contributed by atoms with Gasteiger partial charge in [0.15, 0.2) is 0 Å². The Hall–Kier alpha value is -1.87. The molecule has 0 fully saturated rings. The average molecular weight is 292 g/mol. The quantitative estimate of drug-likeness (QED) is 0.915. The van der Waals surface area contributed by atoms with E-state index < -0.39 is 5.82 Å². The van der Waals surface area contributed by atoms with Crippen LogP contribution in [0, 0.1) is 12.7 Å². The lowest BCUT2D eigenvalue weighted by Crippen LogP contribution is -2.24. The van der Waals surface area contributed by atoms with Crippen LogP contribution in [-0.2, 0) is 17.8 Å². The van der Waals surface area contributed by atoms with Gasteiger partial charge in [-0.05, 0) is 30.2 Å². The third-order valence-corrected chi connectivity index (χ3v) is 3.17. The summed E-state index contributed by atoms with van der Waals surface area (Å²) in [6.07, 6.45) is 0.00875.